The summed E-state index contributed by atoms with van der Waals surface area (Å²) < 4.78 is 10.3. The average molecular weight is 301 g/mol. The van der Waals surface area contributed by atoms with Gasteiger partial charge in [0.15, 0.2) is 11.5 Å². The van der Waals surface area contributed by atoms with E-state index in [4.69, 9.17) is 9.47 Å². The number of amides is 2. The molecule has 2 rings (SSSR count). The molecular formula is C15H15N3O4. The van der Waals surface area contributed by atoms with Gasteiger partial charge < -0.3 is 9.47 Å². The zero-order valence-electron chi connectivity index (χ0n) is 12.1. The van der Waals surface area contributed by atoms with E-state index in [0.717, 1.165) is 0 Å². The summed E-state index contributed by atoms with van der Waals surface area (Å²) in [6.07, 6.45) is 2.95. The van der Waals surface area contributed by atoms with Crippen LogP contribution in [0, 0.1) is 0 Å². The summed E-state index contributed by atoms with van der Waals surface area (Å²) in [5, 5.41) is 0. The highest BCUT2D eigenvalue weighted by Crippen LogP contribution is 2.30. The van der Waals surface area contributed by atoms with Crippen molar-refractivity contribution in [2.45, 2.75) is 0 Å². The Morgan fingerprint density at radius 3 is 2.41 bits per heavy atom. The molecule has 0 saturated carbocycles. The average Bonchev–Trinajstić information content (AvgIpc) is 2.59. The van der Waals surface area contributed by atoms with E-state index in [-0.39, 0.29) is 11.3 Å². The molecule has 7 nitrogen and oxygen atoms in total. The standard InChI is InChI=1S/C15H15N3O4/c1-21-12-7-3-6-11(13(12)22-2)15(20)18-17-14(19)10-5-4-8-16-9-10/h3-9H,1-2H3,(H,17,19)(H,18,20). The lowest BCUT2D eigenvalue weighted by atomic mass is 10.1. The minimum Gasteiger partial charge on any atom is -0.493 e. The lowest BCUT2D eigenvalue weighted by Gasteiger charge is -2.13. The second-order valence-electron chi connectivity index (χ2n) is 4.19. The first-order valence-electron chi connectivity index (χ1n) is 6.39. The first-order chi connectivity index (χ1) is 10.7. The monoisotopic (exact) mass is 301 g/mol. The maximum Gasteiger partial charge on any atom is 0.273 e. The molecule has 7 heteroatoms. The lowest BCUT2D eigenvalue weighted by molar-refractivity contribution is 0.0844. The molecule has 0 aliphatic heterocycles. The highest BCUT2D eigenvalue weighted by molar-refractivity contribution is 6.00. The van der Waals surface area contributed by atoms with Gasteiger partial charge in [-0.3, -0.25) is 25.4 Å². The van der Waals surface area contributed by atoms with E-state index < -0.39 is 11.8 Å². The molecule has 1 aromatic carbocycles. The number of para-hydroxylation sites is 1. The second kappa shape index (κ2) is 7.07. The van der Waals surface area contributed by atoms with Crippen molar-refractivity contribution in [2.24, 2.45) is 0 Å². The third-order valence-electron chi connectivity index (χ3n) is 2.86. The molecule has 0 radical (unpaired) electrons. The summed E-state index contributed by atoms with van der Waals surface area (Å²) in [4.78, 5) is 27.8. The predicted octanol–water partition coefficient (Wildman–Crippen LogP) is 1.17. The van der Waals surface area contributed by atoms with Crippen LogP contribution in [0.15, 0.2) is 42.7 Å². The fourth-order valence-corrected chi connectivity index (χ4v) is 1.82. The number of pyridine rings is 1. The summed E-state index contributed by atoms with van der Waals surface area (Å²) in [7, 11) is 2.91. The van der Waals surface area contributed by atoms with Gasteiger partial charge in [-0.1, -0.05) is 6.07 Å². The molecule has 0 atom stereocenters. The van der Waals surface area contributed by atoms with Crippen LogP contribution in [-0.2, 0) is 0 Å². The highest BCUT2D eigenvalue weighted by Gasteiger charge is 2.17. The highest BCUT2D eigenvalue weighted by atomic mass is 16.5. The van der Waals surface area contributed by atoms with Crippen LogP contribution < -0.4 is 20.3 Å². The first-order valence-corrected chi connectivity index (χ1v) is 6.39. The number of hydrazine groups is 1. The molecule has 0 aliphatic carbocycles. The largest absolute Gasteiger partial charge is 0.493 e. The van der Waals surface area contributed by atoms with E-state index in [2.05, 4.69) is 15.8 Å². The molecule has 2 amide bonds. The van der Waals surface area contributed by atoms with Crippen molar-refractivity contribution in [3.8, 4) is 11.5 Å². The van der Waals surface area contributed by atoms with Crippen LogP contribution >= 0.6 is 0 Å². The molecule has 2 N–H and O–H groups in total. The van der Waals surface area contributed by atoms with E-state index >= 15 is 0 Å². The molecule has 2 aromatic rings. The van der Waals surface area contributed by atoms with Crippen LogP contribution in [0.1, 0.15) is 20.7 Å². The van der Waals surface area contributed by atoms with E-state index in [1.807, 2.05) is 0 Å². The molecule has 1 heterocycles. The number of hydrogen-bond donors (Lipinski definition) is 2. The summed E-state index contributed by atoms with van der Waals surface area (Å²) >= 11 is 0. The van der Waals surface area contributed by atoms with E-state index in [1.54, 1.807) is 36.5 Å². The van der Waals surface area contributed by atoms with Gasteiger partial charge in [0.05, 0.1) is 25.3 Å². The third-order valence-corrected chi connectivity index (χ3v) is 2.86. The number of aromatic nitrogens is 1. The van der Waals surface area contributed by atoms with Crippen molar-refractivity contribution >= 4 is 11.8 Å². The van der Waals surface area contributed by atoms with Crippen molar-refractivity contribution in [1.29, 1.82) is 0 Å². The third kappa shape index (κ3) is 3.32. The Hall–Kier alpha value is -3.09. The lowest BCUT2D eigenvalue weighted by Crippen LogP contribution is -2.41. The van der Waals surface area contributed by atoms with Gasteiger partial charge in [0.1, 0.15) is 0 Å². The molecule has 0 spiro atoms. The van der Waals surface area contributed by atoms with Crippen LogP contribution in [0.3, 0.4) is 0 Å². The van der Waals surface area contributed by atoms with E-state index in [9.17, 15) is 9.59 Å². The van der Waals surface area contributed by atoms with Crippen molar-refractivity contribution in [3.63, 3.8) is 0 Å². The van der Waals surface area contributed by atoms with Gasteiger partial charge in [0.25, 0.3) is 11.8 Å². The van der Waals surface area contributed by atoms with Gasteiger partial charge in [-0.25, -0.2) is 0 Å². The first kappa shape index (κ1) is 15.3. The van der Waals surface area contributed by atoms with Crippen LogP contribution in [0.2, 0.25) is 0 Å². The summed E-state index contributed by atoms with van der Waals surface area (Å²) in [6.45, 7) is 0. The van der Waals surface area contributed by atoms with Gasteiger partial charge in [-0.15, -0.1) is 0 Å². The number of rotatable bonds is 4. The normalized spacial score (nSPS) is 9.73. The Bertz CT molecular complexity index is 674. The molecule has 1 aromatic heterocycles. The van der Waals surface area contributed by atoms with Crippen LogP contribution in [0.5, 0.6) is 11.5 Å². The van der Waals surface area contributed by atoms with Crippen molar-refractivity contribution < 1.29 is 19.1 Å². The maximum absolute atomic E-state index is 12.2. The Morgan fingerprint density at radius 2 is 1.77 bits per heavy atom. The van der Waals surface area contributed by atoms with Gasteiger partial charge in [0, 0.05) is 12.4 Å². The van der Waals surface area contributed by atoms with Crippen molar-refractivity contribution in [2.75, 3.05) is 14.2 Å². The minimum absolute atomic E-state index is 0.244. The maximum atomic E-state index is 12.2. The zero-order valence-corrected chi connectivity index (χ0v) is 12.1. The number of nitrogens with one attached hydrogen (secondary N) is 2. The van der Waals surface area contributed by atoms with Crippen molar-refractivity contribution in [1.82, 2.24) is 15.8 Å². The molecule has 0 bridgehead atoms. The number of carbonyl (C=O) groups excluding carboxylic acids is 2. The number of carbonyl (C=O) groups is 2. The fraction of sp³-hybridized carbons (Fsp3) is 0.133. The number of methoxy groups -OCH3 is 2. The van der Waals surface area contributed by atoms with Gasteiger partial charge in [0.2, 0.25) is 0 Å². The zero-order chi connectivity index (χ0) is 15.9. The van der Waals surface area contributed by atoms with E-state index in [1.165, 1.54) is 20.4 Å². The number of benzene rings is 1. The minimum atomic E-state index is -0.520. The SMILES string of the molecule is COc1cccc(C(=O)NNC(=O)c2cccnc2)c1OC. The molecule has 0 unspecified atom stereocenters. The summed E-state index contributed by atoms with van der Waals surface area (Å²) in [5.74, 6) is -0.275. The molecule has 114 valence electrons. The van der Waals surface area contributed by atoms with Crippen LogP contribution in [0.4, 0.5) is 0 Å². The Kier molecular flexibility index (Phi) is 4.92. The smallest absolute Gasteiger partial charge is 0.273 e. The number of ether oxygens (including phenoxy) is 2. The predicted molar refractivity (Wildman–Crippen MR) is 78.7 cm³/mol. The van der Waals surface area contributed by atoms with E-state index in [0.29, 0.717) is 11.3 Å². The Balaban J connectivity index is 2.09. The molecule has 22 heavy (non-hydrogen) atoms. The Morgan fingerprint density at radius 1 is 1.00 bits per heavy atom. The number of nitrogens with zero attached hydrogens (tertiary/aromatic N) is 1. The molecule has 0 aliphatic rings. The van der Waals surface area contributed by atoms with Crippen LogP contribution in [0.25, 0.3) is 0 Å². The quantitative estimate of drug-likeness (QED) is 0.828. The van der Waals surface area contributed by atoms with Gasteiger partial charge in [-0.05, 0) is 24.3 Å². The molecule has 0 fully saturated rings. The van der Waals surface area contributed by atoms with Gasteiger partial charge >= 0.3 is 0 Å². The topological polar surface area (TPSA) is 89.6 Å². The summed E-state index contributed by atoms with van der Waals surface area (Å²) in [5.41, 5.74) is 5.21. The second-order valence-corrected chi connectivity index (χ2v) is 4.19. The van der Waals surface area contributed by atoms with Crippen LogP contribution in [-0.4, -0.2) is 31.0 Å². The Labute approximate surface area is 127 Å². The number of hydrogen-bond acceptors (Lipinski definition) is 5. The molecular weight excluding hydrogens is 286 g/mol. The van der Waals surface area contributed by atoms with Crippen molar-refractivity contribution in [3.05, 3.63) is 53.9 Å². The molecule has 0 saturated heterocycles. The van der Waals surface area contributed by atoms with Gasteiger partial charge in [-0.2, -0.15) is 0 Å². The fourth-order valence-electron chi connectivity index (χ4n) is 1.82. The summed E-state index contributed by atoms with van der Waals surface area (Å²) in [6, 6.07) is 8.10.